The number of hydrogen-bond donors (Lipinski definition) is 0. The minimum absolute atomic E-state index is 0.584. The van der Waals surface area contributed by atoms with Gasteiger partial charge in [0.05, 0.1) is 0 Å². The maximum absolute atomic E-state index is 10.9. The van der Waals surface area contributed by atoms with Crippen molar-refractivity contribution in [3.8, 4) is 0 Å². The molecule has 0 aliphatic carbocycles. The fourth-order valence-electron chi connectivity index (χ4n) is 1.97. The van der Waals surface area contributed by atoms with Gasteiger partial charge in [0.2, 0.25) is 0 Å². The van der Waals surface area contributed by atoms with Crippen molar-refractivity contribution >= 4 is 0 Å². The number of aromatic nitrogens is 1. The van der Waals surface area contributed by atoms with Crippen LogP contribution in [0.2, 0.25) is 0 Å². The predicted molar refractivity (Wildman–Crippen MR) is 73.3 cm³/mol. The average molecular weight is 241 g/mol. The van der Waals surface area contributed by atoms with E-state index in [2.05, 4.69) is 38.1 Å². The first-order valence-electron chi connectivity index (χ1n) is 6.41. The molecule has 0 amide bonds. The summed E-state index contributed by atoms with van der Waals surface area (Å²) >= 11 is 0. The molecule has 2 aromatic rings. The third-order valence-corrected chi connectivity index (χ3v) is 3.22. The molecular formula is C16H19NO. The predicted octanol–water partition coefficient (Wildman–Crippen LogP) is 3.23. The van der Waals surface area contributed by atoms with Crippen LogP contribution in [0.1, 0.15) is 36.5 Å². The zero-order valence-corrected chi connectivity index (χ0v) is 11.0. The molecule has 94 valence electrons. The second-order valence-corrected chi connectivity index (χ2v) is 4.96. The van der Waals surface area contributed by atoms with Crippen LogP contribution < -0.4 is 4.73 Å². The Balaban J connectivity index is 1.95. The third kappa shape index (κ3) is 3.33. The molecule has 0 aliphatic rings. The standard InChI is InChI=1S/C16H19NO/c1-13(2)16-7-5-14(6-8-16)3-4-15-9-11-17(18)12-10-15/h5-13H,3-4H2,1-2H3. The molecule has 1 heterocycles. The number of hydrogen-bond acceptors (Lipinski definition) is 1. The Hall–Kier alpha value is -1.83. The molecule has 0 saturated heterocycles. The van der Waals surface area contributed by atoms with E-state index in [1.807, 2.05) is 12.1 Å². The number of aryl methyl sites for hydroxylation is 2. The molecule has 0 N–H and O–H groups in total. The van der Waals surface area contributed by atoms with E-state index in [0.717, 1.165) is 17.6 Å². The Kier molecular flexibility index (Phi) is 3.98. The van der Waals surface area contributed by atoms with E-state index in [1.165, 1.54) is 16.7 Å². The Labute approximate surface area is 108 Å². The lowest BCUT2D eigenvalue weighted by Crippen LogP contribution is -2.23. The highest BCUT2D eigenvalue weighted by atomic mass is 16.5. The van der Waals surface area contributed by atoms with E-state index in [0.29, 0.717) is 5.92 Å². The first-order chi connectivity index (χ1) is 8.65. The fourth-order valence-corrected chi connectivity index (χ4v) is 1.97. The normalized spacial score (nSPS) is 10.8. The van der Waals surface area contributed by atoms with Crippen molar-refractivity contribution in [2.24, 2.45) is 0 Å². The summed E-state index contributed by atoms with van der Waals surface area (Å²) in [5, 5.41) is 10.9. The lowest BCUT2D eigenvalue weighted by Gasteiger charge is -2.07. The van der Waals surface area contributed by atoms with Crippen molar-refractivity contribution in [1.82, 2.24) is 0 Å². The molecule has 0 unspecified atom stereocenters. The van der Waals surface area contributed by atoms with Gasteiger partial charge in [-0.15, -0.1) is 0 Å². The highest BCUT2D eigenvalue weighted by molar-refractivity contribution is 5.25. The summed E-state index contributed by atoms with van der Waals surface area (Å²) in [4.78, 5) is 0. The second kappa shape index (κ2) is 5.67. The third-order valence-electron chi connectivity index (χ3n) is 3.22. The molecule has 18 heavy (non-hydrogen) atoms. The van der Waals surface area contributed by atoms with Crippen LogP contribution in [0.15, 0.2) is 48.8 Å². The van der Waals surface area contributed by atoms with Gasteiger partial charge in [0, 0.05) is 12.1 Å². The van der Waals surface area contributed by atoms with Gasteiger partial charge >= 0.3 is 0 Å². The first kappa shape index (κ1) is 12.6. The zero-order valence-electron chi connectivity index (χ0n) is 11.0. The van der Waals surface area contributed by atoms with Gasteiger partial charge in [-0.25, -0.2) is 0 Å². The molecular weight excluding hydrogens is 222 g/mol. The summed E-state index contributed by atoms with van der Waals surface area (Å²) in [5.74, 6) is 0.584. The number of nitrogens with zero attached hydrogens (tertiary/aromatic N) is 1. The fraction of sp³-hybridized carbons (Fsp3) is 0.312. The van der Waals surface area contributed by atoms with Gasteiger partial charge in [0.15, 0.2) is 12.4 Å². The van der Waals surface area contributed by atoms with Gasteiger partial charge in [-0.1, -0.05) is 38.1 Å². The molecule has 0 bridgehead atoms. The van der Waals surface area contributed by atoms with E-state index in [4.69, 9.17) is 0 Å². The summed E-state index contributed by atoms with van der Waals surface area (Å²) in [6.45, 7) is 4.41. The summed E-state index contributed by atoms with van der Waals surface area (Å²) < 4.78 is 0.820. The maximum atomic E-state index is 10.9. The highest BCUT2D eigenvalue weighted by Crippen LogP contribution is 2.15. The molecule has 0 atom stereocenters. The van der Waals surface area contributed by atoms with Crippen molar-refractivity contribution < 1.29 is 4.73 Å². The van der Waals surface area contributed by atoms with E-state index in [-0.39, 0.29) is 0 Å². The van der Waals surface area contributed by atoms with Crippen LogP contribution in [0.5, 0.6) is 0 Å². The number of benzene rings is 1. The van der Waals surface area contributed by atoms with Crippen molar-refractivity contribution in [2.45, 2.75) is 32.6 Å². The van der Waals surface area contributed by atoms with Crippen molar-refractivity contribution in [3.05, 3.63) is 70.7 Å². The zero-order chi connectivity index (χ0) is 13.0. The van der Waals surface area contributed by atoms with Crippen LogP contribution in [0.4, 0.5) is 0 Å². The molecule has 2 rings (SSSR count). The number of pyridine rings is 1. The molecule has 0 spiro atoms. The Morgan fingerprint density at radius 1 is 0.889 bits per heavy atom. The highest BCUT2D eigenvalue weighted by Gasteiger charge is 2.00. The first-order valence-corrected chi connectivity index (χ1v) is 6.41. The van der Waals surface area contributed by atoms with Crippen LogP contribution in [0.25, 0.3) is 0 Å². The summed E-state index contributed by atoms with van der Waals surface area (Å²) in [6, 6.07) is 12.6. The molecule has 1 aromatic carbocycles. The summed E-state index contributed by atoms with van der Waals surface area (Å²) in [6.07, 6.45) is 5.09. The molecule has 2 nitrogen and oxygen atoms in total. The van der Waals surface area contributed by atoms with Crippen molar-refractivity contribution in [3.63, 3.8) is 0 Å². The Morgan fingerprint density at radius 3 is 1.89 bits per heavy atom. The van der Waals surface area contributed by atoms with Crippen LogP contribution >= 0.6 is 0 Å². The smallest absolute Gasteiger partial charge is 0.180 e. The van der Waals surface area contributed by atoms with Gasteiger partial charge < -0.3 is 5.21 Å². The molecule has 0 saturated carbocycles. The van der Waals surface area contributed by atoms with Gasteiger partial charge in [0.1, 0.15) is 0 Å². The topological polar surface area (TPSA) is 26.9 Å². The van der Waals surface area contributed by atoms with Crippen LogP contribution in [-0.2, 0) is 12.8 Å². The van der Waals surface area contributed by atoms with Crippen LogP contribution in [0, 0.1) is 5.21 Å². The van der Waals surface area contributed by atoms with Gasteiger partial charge in [-0.2, -0.15) is 4.73 Å². The molecule has 0 fully saturated rings. The van der Waals surface area contributed by atoms with Crippen LogP contribution in [-0.4, -0.2) is 0 Å². The molecule has 2 heteroatoms. The quantitative estimate of drug-likeness (QED) is 0.596. The minimum Gasteiger partial charge on any atom is -0.619 e. The number of rotatable bonds is 4. The van der Waals surface area contributed by atoms with E-state index in [9.17, 15) is 5.21 Å². The summed E-state index contributed by atoms with van der Waals surface area (Å²) in [5.41, 5.74) is 3.93. The van der Waals surface area contributed by atoms with Crippen molar-refractivity contribution in [2.75, 3.05) is 0 Å². The lowest BCUT2D eigenvalue weighted by molar-refractivity contribution is -0.605. The van der Waals surface area contributed by atoms with E-state index in [1.54, 1.807) is 12.4 Å². The van der Waals surface area contributed by atoms with Gasteiger partial charge in [0.25, 0.3) is 0 Å². The largest absolute Gasteiger partial charge is 0.619 e. The van der Waals surface area contributed by atoms with Gasteiger partial charge in [-0.05, 0) is 35.4 Å². The Bertz CT molecular complexity index is 486. The van der Waals surface area contributed by atoms with Crippen molar-refractivity contribution in [1.29, 1.82) is 0 Å². The average Bonchev–Trinajstić information content (AvgIpc) is 2.38. The van der Waals surface area contributed by atoms with Gasteiger partial charge in [-0.3, -0.25) is 0 Å². The molecule has 0 radical (unpaired) electrons. The van der Waals surface area contributed by atoms with E-state index >= 15 is 0 Å². The van der Waals surface area contributed by atoms with Crippen LogP contribution in [0.3, 0.4) is 0 Å². The lowest BCUT2D eigenvalue weighted by atomic mass is 9.99. The monoisotopic (exact) mass is 241 g/mol. The van der Waals surface area contributed by atoms with E-state index < -0.39 is 0 Å². The Morgan fingerprint density at radius 2 is 1.39 bits per heavy atom. The molecule has 1 aromatic heterocycles. The minimum atomic E-state index is 0.584. The molecule has 0 aliphatic heterocycles. The summed E-state index contributed by atoms with van der Waals surface area (Å²) in [7, 11) is 0. The second-order valence-electron chi connectivity index (χ2n) is 4.96. The maximum Gasteiger partial charge on any atom is 0.180 e. The SMILES string of the molecule is CC(C)c1ccc(CCc2cc[n+]([O-])cc2)cc1.